The number of hydrogen-bond acceptors (Lipinski definition) is 11. The number of aliphatic hydroxyl groups excluding tert-OH is 1. The Morgan fingerprint density at radius 3 is 2.58 bits per heavy atom. The molecule has 14 atom stereocenters. The largest absolute Gasteiger partial charge is 0.458 e. The first-order valence-corrected chi connectivity index (χ1v) is 16.8. The lowest BCUT2D eigenvalue weighted by molar-refractivity contribution is -0.447. The van der Waals surface area contributed by atoms with E-state index in [0.29, 0.717) is 32.1 Å². The number of carbonyl (C=O) groups is 3. The fourth-order valence-electron chi connectivity index (χ4n) is 11.2. The molecule has 4 aliphatic carbocycles. The summed E-state index contributed by atoms with van der Waals surface area (Å²) in [7, 11) is 0. The van der Waals surface area contributed by atoms with Gasteiger partial charge in [-0.3, -0.25) is 4.79 Å². The summed E-state index contributed by atoms with van der Waals surface area (Å²) in [6.07, 6.45) is 3.55. The van der Waals surface area contributed by atoms with E-state index < -0.39 is 57.5 Å². The topological polar surface area (TPSA) is 161 Å². The van der Waals surface area contributed by atoms with Crippen LogP contribution in [0.15, 0.2) is 11.6 Å². The Balaban J connectivity index is 1.11. The van der Waals surface area contributed by atoms with E-state index in [2.05, 4.69) is 5.32 Å². The number of esters is 1. The lowest BCUT2D eigenvalue weighted by atomic mass is 9.42. The number of fused-ring (bicyclic) bond motifs is 8. The Labute approximate surface area is 254 Å². The standard InChI is InChI=1S/C31H41NO10S/c1-15-9-30(32-23(35)13-43-30)31(38)26(40-15)41-21-8-17-3-4-19-18(28(17,14-33)11-22(21)42-31)5-6-27(2)25(16-7-24(36)39-12-16)20(34)10-29(19,27)37/h7,14-15,17-22,25-26,34,37-38H,3-6,8-13H2,1-2H3,(H,32,35)/t15-,17?,18?,19?,20?,21?,22?,25+,26?,27-,28?,29+,30?,31-/m1/s1. The zero-order valence-electron chi connectivity index (χ0n) is 24.5. The van der Waals surface area contributed by atoms with Crippen molar-refractivity contribution >= 4 is 29.9 Å². The third kappa shape index (κ3) is 3.63. The number of ether oxygens (including phenoxy) is 4. The summed E-state index contributed by atoms with van der Waals surface area (Å²) in [6.45, 7) is 4.05. The second kappa shape index (κ2) is 9.27. The minimum absolute atomic E-state index is 0.0106. The molecule has 0 bridgehead atoms. The maximum absolute atomic E-state index is 13.4. The smallest absolute Gasteiger partial charge is 0.331 e. The van der Waals surface area contributed by atoms with E-state index in [-0.39, 0.29) is 54.6 Å². The van der Waals surface area contributed by atoms with E-state index in [1.54, 1.807) is 0 Å². The summed E-state index contributed by atoms with van der Waals surface area (Å²) < 4.78 is 24.3. The van der Waals surface area contributed by atoms with Gasteiger partial charge in [0.1, 0.15) is 17.8 Å². The Kier molecular flexibility index (Phi) is 6.23. The van der Waals surface area contributed by atoms with Crippen LogP contribution in [-0.4, -0.2) is 92.8 Å². The average Bonchev–Trinajstić information content (AvgIpc) is 3.60. The number of hydrogen-bond donors (Lipinski definition) is 4. The van der Waals surface area contributed by atoms with Crippen LogP contribution < -0.4 is 5.32 Å². The molecule has 11 nitrogen and oxygen atoms in total. The van der Waals surface area contributed by atoms with Crippen molar-refractivity contribution < 1.29 is 48.7 Å². The van der Waals surface area contributed by atoms with Crippen molar-refractivity contribution in [3.63, 3.8) is 0 Å². The molecule has 3 saturated heterocycles. The molecule has 12 heteroatoms. The zero-order chi connectivity index (χ0) is 30.2. The first-order valence-electron chi connectivity index (χ1n) is 15.8. The van der Waals surface area contributed by atoms with Gasteiger partial charge in [-0.1, -0.05) is 6.92 Å². The minimum atomic E-state index is -1.93. The fourth-order valence-corrected chi connectivity index (χ4v) is 12.5. The molecule has 9 unspecified atom stereocenters. The molecule has 8 aliphatic rings. The number of aldehydes is 1. The SMILES string of the molecule is C[C@@H]1CC2(NC(=O)CS2)[C@]2(O)OC3CC4(C=O)C(CCC5C4CC[C@]4(C)[C@@H](C6=CC(=O)OC6)C(O)C[C@]54O)CC3OC2O1. The normalized spacial score (nSPS) is 57.0. The molecule has 1 amide bonds. The fraction of sp³-hybridized carbons (Fsp3) is 0.839. The summed E-state index contributed by atoms with van der Waals surface area (Å²) in [5.74, 6) is -3.07. The monoisotopic (exact) mass is 619 g/mol. The molecule has 0 radical (unpaired) electrons. The molecule has 1 spiro atoms. The Morgan fingerprint density at radius 1 is 1.07 bits per heavy atom. The van der Waals surface area contributed by atoms with Crippen LogP contribution in [0.2, 0.25) is 0 Å². The van der Waals surface area contributed by atoms with Gasteiger partial charge >= 0.3 is 5.97 Å². The highest BCUT2D eigenvalue weighted by Crippen LogP contribution is 2.70. The summed E-state index contributed by atoms with van der Waals surface area (Å²) in [4.78, 5) is 36.5. The second-order valence-electron chi connectivity index (χ2n) is 14.8. The zero-order valence-corrected chi connectivity index (χ0v) is 25.3. The lowest BCUT2D eigenvalue weighted by Crippen LogP contribution is -2.76. The highest BCUT2D eigenvalue weighted by molar-refractivity contribution is 8.01. The molecule has 0 aromatic carbocycles. The van der Waals surface area contributed by atoms with Gasteiger partial charge in [-0.25, -0.2) is 4.79 Å². The lowest BCUT2D eigenvalue weighted by Gasteiger charge is -2.65. The van der Waals surface area contributed by atoms with Crippen LogP contribution in [0.1, 0.15) is 65.2 Å². The van der Waals surface area contributed by atoms with Crippen molar-refractivity contribution in [1.82, 2.24) is 5.32 Å². The Hall–Kier alpha value is -1.54. The average molecular weight is 620 g/mol. The number of aliphatic hydroxyl groups is 3. The number of nitrogens with one attached hydrogen (secondary N) is 1. The van der Waals surface area contributed by atoms with Crippen LogP contribution in [0.5, 0.6) is 0 Å². The third-order valence-electron chi connectivity index (χ3n) is 13.0. The first-order chi connectivity index (χ1) is 20.4. The molecular formula is C31H41NO10S. The Bertz CT molecular complexity index is 1290. The molecule has 4 aliphatic heterocycles. The predicted octanol–water partition coefficient (Wildman–Crippen LogP) is 1.17. The van der Waals surface area contributed by atoms with E-state index >= 15 is 0 Å². The predicted molar refractivity (Wildman–Crippen MR) is 150 cm³/mol. The van der Waals surface area contributed by atoms with Gasteiger partial charge in [-0.15, -0.1) is 11.8 Å². The number of cyclic esters (lactones) is 1. The molecule has 4 heterocycles. The van der Waals surface area contributed by atoms with E-state index in [1.807, 2.05) is 13.8 Å². The Morgan fingerprint density at radius 2 is 1.88 bits per heavy atom. The molecule has 236 valence electrons. The van der Waals surface area contributed by atoms with Gasteiger partial charge in [-0.2, -0.15) is 0 Å². The molecule has 4 saturated carbocycles. The molecule has 8 rings (SSSR count). The van der Waals surface area contributed by atoms with Gasteiger partial charge in [-0.05, 0) is 68.8 Å². The number of amides is 1. The van der Waals surface area contributed by atoms with Gasteiger partial charge in [0.05, 0.1) is 35.8 Å². The molecule has 43 heavy (non-hydrogen) atoms. The van der Waals surface area contributed by atoms with Gasteiger partial charge in [0.15, 0.2) is 0 Å². The quantitative estimate of drug-likeness (QED) is 0.200. The summed E-state index contributed by atoms with van der Waals surface area (Å²) >= 11 is 1.31. The van der Waals surface area contributed by atoms with Gasteiger partial charge < -0.3 is 44.4 Å². The van der Waals surface area contributed by atoms with Crippen molar-refractivity contribution in [3.05, 3.63) is 11.6 Å². The van der Waals surface area contributed by atoms with Crippen molar-refractivity contribution in [1.29, 1.82) is 0 Å². The molecule has 0 aromatic heterocycles. The number of rotatable bonds is 2. The number of thioether (sulfide) groups is 1. The van der Waals surface area contributed by atoms with Crippen LogP contribution >= 0.6 is 11.8 Å². The maximum Gasteiger partial charge on any atom is 0.331 e. The third-order valence-corrected chi connectivity index (χ3v) is 14.4. The molecular weight excluding hydrogens is 578 g/mol. The van der Waals surface area contributed by atoms with Crippen LogP contribution in [0.4, 0.5) is 0 Å². The van der Waals surface area contributed by atoms with Crippen molar-refractivity contribution in [2.75, 3.05) is 12.4 Å². The minimum Gasteiger partial charge on any atom is -0.458 e. The molecule has 4 N–H and O–H groups in total. The summed E-state index contributed by atoms with van der Waals surface area (Å²) in [5.41, 5.74) is -1.96. The van der Waals surface area contributed by atoms with Crippen LogP contribution in [0, 0.1) is 34.5 Å². The van der Waals surface area contributed by atoms with Crippen molar-refractivity contribution in [2.45, 2.75) is 112 Å². The van der Waals surface area contributed by atoms with Gasteiger partial charge in [0, 0.05) is 35.7 Å². The number of carbonyl (C=O) groups excluding carboxylic acids is 3. The van der Waals surface area contributed by atoms with E-state index in [0.717, 1.165) is 24.7 Å². The molecule has 0 aromatic rings. The summed E-state index contributed by atoms with van der Waals surface area (Å²) in [5, 5.41) is 38.9. The van der Waals surface area contributed by atoms with E-state index in [1.165, 1.54) is 17.8 Å². The summed E-state index contributed by atoms with van der Waals surface area (Å²) in [6, 6.07) is 0. The first kappa shape index (κ1) is 28.9. The van der Waals surface area contributed by atoms with Gasteiger partial charge in [0.2, 0.25) is 12.2 Å². The van der Waals surface area contributed by atoms with E-state index in [9.17, 15) is 29.7 Å². The maximum atomic E-state index is 13.4. The second-order valence-corrected chi connectivity index (χ2v) is 16.1. The van der Waals surface area contributed by atoms with Crippen molar-refractivity contribution in [2.24, 2.45) is 34.5 Å². The van der Waals surface area contributed by atoms with Gasteiger partial charge in [0.25, 0.3) is 5.79 Å². The van der Waals surface area contributed by atoms with Crippen LogP contribution in [0.3, 0.4) is 0 Å². The van der Waals surface area contributed by atoms with Crippen LogP contribution in [-0.2, 0) is 33.3 Å². The highest BCUT2D eigenvalue weighted by atomic mass is 32.2. The van der Waals surface area contributed by atoms with E-state index in [4.69, 9.17) is 18.9 Å². The van der Waals surface area contributed by atoms with Crippen LogP contribution in [0.25, 0.3) is 0 Å². The van der Waals surface area contributed by atoms with Crippen molar-refractivity contribution in [3.8, 4) is 0 Å². The molecule has 7 fully saturated rings. The highest BCUT2D eigenvalue weighted by Gasteiger charge is 2.74.